The van der Waals surface area contributed by atoms with Crippen LogP contribution in [0.4, 0.5) is 0 Å². The first kappa shape index (κ1) is 71.8. The third-order valence-electron chi connectivity index (χ3n) is 14.2. The molecule has 434 valence electrons. The molecular weight excluding hydrogens is 925 g/mol. The highest BCUT2D eigenvalue weighted by Gasteiger charge is 2.19. The highest BCUT2D eigenvalue weighted by molar-refractivity contribution is 5.71. The van der Waals surface area contributed by atoms with E-state index in [0.29, 0.717) is 19.3 Å². The number of allylic oxidation sites excluding steroid dienone is 12. The number of unbranched alkanes of at least 4 members (excludes halogenated alkanes) is 36. The Kier molecular flexibility index (Phi) is 60.7. The smallest absolute Gasteiger partial charge is 0.306 e. The van der Waals surface area contributed by atoms with E-state index >= 15 is 0 Å². The van der Waals surface area contributed by atoms with Gasteiger partial charge >= 0.3 is 17.9 Å². The van der Waals surface area contributed by atoms with E-state index in [1.54, 1.807) is 0 Å². The summed E-state index contributed by atoms with van der Waals surface area (Å²) >= 11 is 0. The quantitative estimate of drug-likeness (QED) is 0.0261. The number of hydrogen-bond acceptors (Lipinski definition) is 6. The van der Waals surface area contributed by atoms with Gasteiger partial charge in [0, 0.05) is 19.3 Å². The predicted molar refractivity (Wildman–Crippen MR) is 325 cm³/mol. The summed E-state index contributed by atoms with van der Waals surface area (Å²) in [4.78, 5) is 37.9. The fraction of sp³-hybridized carbons (Fsp3) is 0.783. The normalized spacial score (nSPS) is 12.5. The molecule has 0 aliphatic rings. The third-order valence-corrected chi connectivity index (χ3v) is 14.2. The van der Waals surface area contributed by atoms with E-state index < -0.39 is 6.10 Å². The van der Waals surface area contributed by atoms with Crippen LogP contribution in [0, 0.1) is 0 Å². The lowest BCUT2D eigenvalue weighted by molar-refractivity contribution is -0.167. The molecule has 0 aromatic carbocycles. The molecule has 6 heteroatoms. The van der Waals surface area contributed by atoms with Gasteiger partial charge in [-0.2, -0.15) is 0 Å². The number of ether oxygens (including phenoxy) is 3. The Labute approximate surface area is 465 Å². The molecule has 0 spiro atoms. The maximum absolute atomic E-state index is 12.8. The zero-order chi connectivity index (χ0) is 54.3. The Balaban J connectivity index is 3.94. The second kappa shape index (κ2) is 63.4. The molecule has 0 saturated carbocycles. The van der Waals surface area contributed by atoms with Crippen molar-refractivity contribution in [2.75, 3.05) is 13.2 Å². The number of esters is 3. The fourth-order valence-corrected chi connectivity index (χ4v) is 9.35. The van der Waals surface area contributed by atoms with Crippen LogP contribution in [0.3, 0.4) is 0 Å². The minimum atomic E-state index is -0.773. The van der Waals surface area contributed by atoms with Crippen molar-refractivity contribution in [3.8, 4) is 0 Å². The molecule has 0 aliphatic heterocycles. The van der Waals surface area contributed by atoms with Crippen molar-refractivity contribution in [3.05, 3.63) is 72.9 Å². The first-order valence-corrected chi connectivity index (χ1v) is 32.4. The summed E-state index contributed by atoms with van der Waals surface area (Å²) in [5.74, 6) is -0.877. The van der Waals surface area contributed by atoms with Crippen LogP contribution in [0.2, 0.25) is 0 Å². The van der Waals surface area contributed by atoms with Crippen LogP contribution in [0.15, 0.2) is 72.9 Å². The predicted octanol–water partition coefficient (Wildman–Crippen LogP) is 22.1. The van der Waals surface area contributed by atoms with Crippen LogP contribution in [0.5, 0.6) is 0 Å². The highest BCUT2D eigenvalue weighted by Crippen LogP contribution is 2.17. The maximum Gasteiger partial charge on any atom is 0.306 e. The van der Waals surface area contributed by atoms with E-state index in [-0.39, 0.29) is 31.1 Å². The van der Waals surface area contributed by atoms with E-state index in [4.69, 9.17) is 14.2 Å². The van der Waals surface area contributed by atoms with E-state index in [1.165, 1.54) is 193 Å². The second-order valence-electron chi connectivity index (χ2n) is 21.6. The summed E-state index contributed by atoms with van der Waals surface area (Å²) in [6.45, 7) is 6.49. The lowest BCUT2D eigenvalue weighted by atomic mass is 10.0. The van der Waals surface area contributed by atoms with Crippen LogP contribution >= 0.6 is 0 Å². The molecule has 0 rings (SSSR count). The van der Waals surface area contributed by atoms with Gasteiger partial charge in [-0.1, -0.05) is 293 Å². The summed E-state index contributed by atoms with van der Waals surface area (Å²) < 4.78 is 16.8. The van der Waals surface area contributed by atoms with Crippen LogP contribution < -0.4 is 0 Å². The molecule has 0 aromatic heterocycles. The second-order valence-corrected chi connectivity index (χ2v) is 21.6. The van der Waals surface area contributed by atoms with Gasteiger partial charge in [0.2, 0.25) is 0 Å². The molecule has 0 radical (unpaired) electrons. The first-order chi connectivity index (χ1) is 37.0. The van der Waals surface area contributed by atoms with Gasteiger partial charge in [0.25, 0.3) is 0 Å². The zero-order valence-electron chi connectivity index (χ0n) is 49.8. The summed E-state index contributed by atoms with van der Waals surface area (Å²) in [6, 6.07) is 0. The molecule has 0 N–H and O–H groups in total. The average molecular weight is 1050 g/mol. The maximum atomic E-state index is 12.8. The molecule has 0 amide bonds. The van der Waals surface area contributed by atoms with Crippen molar-refractivity contribution >= 4 is 17.9 Å². The van der Waals surface area contributed by atoms with Crippen molar-refractivity contribution in [1.29, 1.82) is 0 Å². The Morgan fingerprint density at radius 2 is 0.520 bits per heavy atom. The molecule has 6 nitrogen and oxygen atoms in total. The van der Waals surface area contributed by atoms with Gasteiger partial charge in [-0.05, 0) is 89.9 Å². The molecule has 0 aromatic rings. The lowest BCUT2D eigenvalue weighted by Crippen LogP contribution is -2.30. The third kappa shape index (κ3) is 61.6. The summed E-state index contributed by atoms with van der Waals surface area (Å²) in [5.41, 5.74) is 0. The molecule has 1 atom stereocenters. The lowest BCUT2D eigenvalue weighted by Gasteiger charge is -2.18. The van der Waals surface area contributed by atoms with Gasteiger partial charge in [-0.25, -0.2) is 0 Å². The SMILES string of the molecule is CC/C=C\C/C=C\C/C=C\C/C=C\C/C=C\CCCCCCCCCCCCCCCCCCCCCC(=O)OCC(COC(=O)CCCCCCCC)OC(=O)CCCCCCC/C=C\CCCCCCCCC. The Morgan fingerprint density at radius 3 is 0.827 bits per heavy atom. The minimum Gasteiger partial charge on any atom is -0.462 e. The monoisotopic (exact) mass is 1050 g/mol. The first-order valence-electron chi connectivity index (χ1n) is 32.4. The topological polar surface area (TPSA) is 78.9 Å². The van der Waals surface area contributed by atoms with Crippen molar-refractivity contribution in [1.82, 2.24) is 0 Å². The summed E-state index contributed by atoms with van der Waals surface area (Å²) in [5, 5.41) is 0. The van der Waals surface area contributed by atoms with E-state index in [1.807, 2.05) is 0 Å². The Morgan fingerprint density at radius 1 is 0.280 bits per heavy atom. The molecule has 0 aliphatic carbocycles. The van der Waals surface area contributed by atoms with Crippen LogP contribution in [0.1, 0.15) is 329 Å². The van der Waals surface area contributed by atoms with Crippen molar-refractivity contribution < 1.29 is 28.6 Å². The minimum absolute atomic E-state index is 0.0738. The Hall–Kier alpha value is -3.15. The highest BCUT2D eigenvalue weighted by atomic mass is 16.6. The van der Waals surface area contributed by atoms with Gasteiger partial charge in [0.05, 0.1) is 0 Å². The van der Waals surface area contributed by atoms with Gasteiger partial charge in [-0.15, -0.1) is 0 Å². The number of hydrogen-bond donors (Lipinski definition) is 0. The van der Waals surface area contributed by atoms with Crippen molar-refractivity contribution in [2.24, 2.45) is 0 Å². The van der Waals surface area contributed by atoms with E-state index in [9.17, 15) is 14.4 Å². The van der Waals surface area contributed by atoms with E-state index in [2.05, 4.69) is 93.7 Å². The van der Waals surface area contributed by atoms with Crippen molar-refractivity contribution in [3.63, 3.8) is 0 Å². The summed E-state index contributed by atoms with van der Waals surface area (Å²) in [6.07, 6.45) is 82.5. The van der Waals surface area contributed by atoms with Gasteiger partial charge < -0.3 is 14.2 Å². The fourth-order valence-electron chi connectivity index (χ4n) is 9.35. The van der Waals surface area contributed by atoms with Crippen LogP contribution in [-0.4, -0.2) is 37.2 Å². The molecule has 0 heterocycles. The van der Waals surface area contributed by atoms with Gasteiger partial charge in [0.15, 0.2) is 6.10 Å². The molecule has 1 unspecified atom stereocenters. The van der Waals surface area contributed by atoms with Gasteiger partial charge in [0.1, 0.15) is 13.2 Å². The molecule has 0 bridgehead atoms. The molecule has 0 fully saturated rings. The zero-order valence-corrected chi connectivity index (χ0v) is 49.8. The molecule has 0 saturated heterocycles. The standard InChI is InChI=1S/C69H122O6/c1-4-7-10-13-16-18-20-22-24-26-27-28-29-30-31-32-33-34-35-36-37-38-39-40-41-42-43-44-46-47-49-51-53-56-59-62-68(71)74-65-66(64-73-67(70)61-58-55-15-12-9-6-3)75-69(72)63-60-57-54-52-50-48-45-25-23-21-19-17-14-11-8-5-2/h7,10,16,18,22,24-25,27-28,30-31,45,66H,4-6,8-9,11-15,17,19-21,23,26,29,32-44,46-65H2,1-3H3/b10-7-,18-16-,24-22-,28-27-,31-30-,45-25-. The van der Waals surface area contributed by atoms with Crippen molar-refractivity contribution in [2.45, 2.75) is 335 Å². The largest absolute Gasteiger partial charge is 0.462 e. The van der Waals surface area contributed by atoms with Gasteiger partial charge in [-0.3, -0.25) is 14.4 Å². The molecular formula is C69H122O6. The summed E-state index contributed by atoms with van der Waals surface area (Å²) in [7, 11) is 0. The number of carbonyl (C=O) groups is 3. The Bertz CT molecular complexity index is 1390. The number of rotatable bonds is 59. The van der Waals surface area contributed by atoms with Crippen LogP contribution in [0.25, 0.3) is 0 Å². The molecule has 75 heavy (non-hydrogen) atoms. The van der Waals surface area contributed by atoms with Crippen LogP contribution in [-0.2, 0) is 28.6 Å². The van der Waals surface area contributed by atoms with E-state index in [0.717, 1.165) is 96.3 Å². The number of carbonyl (C=O) groups excluding carboxylic acids is 3. The average Bonchev–Trinajstić information content (AvgIpc) is 3.41.